The van der Waals surface area contributed by atoms with Crippen molar-refractivity contribution in [2.75, 3.05) is 31.1 Å². The zero-order valence-electron chi connectivity index (χ0n) is 18.8. The van der Waals surface area contributed by atoms with Crippen molar-refractivity contribution in [2.45, 2.75) is 63.8 Å². The van der Waals surface area contributed by atoms with E-state index >= 15 is 0 Å². The maximum atomic E-state index is 13.4. The highest BCUT2D eigenvalue weighted by Gasteiger charge is 2.29. The average Bonchev–Trinajstić information content (AvgIpc) is 3.27. The lowest BCUT2D eigenvalue weighted by atomic mass is 9.93. The molecular weight excluding hydrogens is 401 g/mol. The monoisotopic (exact) mass is 433 g/mol. The lowest BCUT2D eigenvalue weighted by Gasteiger charge is -2.42. The number of benzene rings is 1. The van der Waals surface area contributed by atoms with Gasteiger partial charge in [-0.2, -0.15) is 9.61 Å². The summed E-state index contributed by atoms with van der Waals surface area (Å²) in [6.45, 7) is 4.37. The Morgan fingerprint density at radius 3 is 2.38 bits per heavy atom. The average molecular weight is 434 g/mol. The van der Waals surface area contributed by atoms with Crippen LogP contribution in [-0.2, 0) is 12.8 Å². The summed E-state index contributed by atoms with van der Waals surface area (Å²) in [6, 6.07) is 9.46. The van der Waals surface area contributed by atoms with E-state index in [4.69, 9.17) is 10.1 Å². The van der Waals surface area contributed by atoms with Crippen LogP contribution in [-0.4, -0.2) is 51.7 Å². The van der Waals surface area contributed by atoms with Crippen LogP contribution in [0.15, 0.2) is 30.3 Å². The van der Waals surface area contributed by atoms with E-state index in [0.717, 1.165) is 62.0 Å². The molecule has 0 N–H and O–H groups in total. The first-order valence-electron chi connectivity index (χ1n) is 12.4. The van der Waals surface area contributed by atoms with Crippen LogP contribution in [0.5, 0.6) is 0 Å². The van der Waals surface area contributed by atoms with E-state index in [0.29, 0.717) is 0 Å². The Bertz CT molecular complexity index is 1090. The predicted octanol–water partition coefficient (Wildman–Crippen LogP) is 4.87. The van der Waals surface area contributed by atoms with Gasteiger partial charge in [-0.15, -0.1) is 0 Å². The van der Waals surface area contributed by atoms with Crippen molar-refractivity contribution in [3.8, 4) is 11.3 Å². The lowest BCUT2D eigenvalue weighted by Crippen LogP contribution is -2.51. The molecule has 1 aliphatic heterocycles. The number of fused-ring (bicyclic) bond motifs is 2. The molecule has 2 aliphatic carbocycles. The number of hydrogen-bond acceptors (Lipinski definition) is 4. The van der Waals surface area contributed by atoms with Gasteiger partial charge >= 0.3 is 0 Å². The first kappa shape index (κ1) is 20.2. The van der Waals surface area contributed by atoms with E-state index in [1.54, 1.807) is 12.1 Å². The minimum atomic E-state index is -0.220. The molecule has 1 saturated heterocycles. The Balaban J connectivity index is 1.35. The third-order valence-corrected chi connectivity index (χ3v) is 7.69. The van der Waals surface area contributed by atoms with Crippen LogP contribution in [0, 0.1) is 5.82 Å². The molecule has 0 amide bonds. The molecule has 5 nitrogen and oxygen atoms in total. The van der Waals surface area contributed by atoms with Crippen molar-refractivity contribution >= 4 is 11.5 Å². The van der Waals surface area contributed by atoms with Crippen molar-refractivity contribution in [2.24, 2.45) is 0 Å². The molecule has 3 aromatic rings. The number of piperazine rings is 1. The minimum absolute atomic E-state index is 0.220. The van der Waals surface area contributed by atoms with Crippen molar-refractivity contribution in [3.63, 3.8) is 0 Å². The van der Waals surface area contributed by atoms with Crippen molar-refractivity contribution in [1.82, 2.24) is 19.5 Å². The highest BCUT2D eigenvalue weighted by Crippen LogP contribution is 2.33. The molecule has 6 rings (SSSR count). The number of aromatic nitrogens is 3. The lowest BCUT2D eigenvalue weighted by molar-refractivity contribution is 0.147. The predicted molar refractivity (Wildman–Crippen MR) is 126 cm³/mol. The van der Waals surface area contributed by atoms with Crippen molar-refractivity contribution in [3.05, 3.63) is 47.4 Å². The third kappa shape index (κ3) is 3.68. The summed E-state index contributed by atoms with van der Waals surface area (Å²) in [5.74, 6) is 1.03. The van der Waals surface area contributed by atoms with Gasteiger partial charge in [-0.05, 0) is 62.8 Å². The zero-order chi connectivity index (χ0) is 21.5. The number of rotatable bonds is 3. The maximum Gasteiger partial charge on any atom is 0.158 e. The number of hydrogen-bond donors (Lipinski definition) is 0. The standard InChI is InChI=1S/C26H32FN5/c27-20-12-10-19(11-13-20)24-18-25-28-23-9-5-4-8-22(23)26(32(25)29-24)31-16-14-30(15-17-31)21-6-2-1-3-7-21/h10-13,18,21H,1-9,14-17H2. The highest BCUT2D eigenvalue weighted by molar-refractivity contribution is 5.67. The fourth-order valence-electron chi connectivity index (χ4n) is 5.96. The van der Waals surface area contributed by atoms with Crippen molar-refractivity contribution < 1.29 is 4.39 Å². The summed E-state index contributed by atoms with van der Waals surface area (Å²) in [5.41, 5.74) is 5.35. The van der Waals surface area contributed by atoms with Crippen LogP contribution in [0.2, 0.25) is 0 Å². The second-order valence-corrected chi connectivity index (χ2v) is 9.69. The molecule has 168 valence electrons. The van der Waals surface area contributed by atoms with Crippen LogP contribution < -0.4 is 4.90 Å². The van der Waals surface area contributed by atoms with E-state index < -0.39 is 0 Å². The van der Waals surface area contributed by atoms with E-state index in [9.17, 15) is 4.39 Å². The van der Waals surface area contributed by atoms with E-state index in [2.05, 4.69) is 20.4 Å². The van der Waals surface area contributed by atoms with E-state index in [1.807, 2.05) is 0 Å². The van der Waals surface area contributed by atoms with Gasteiger partial charge in [0.15, 0.2) is 5.65 Å². The normalized spacial score (nSPS) is 20.6. The Kier molecular flexibility index (Phi) is 5.34. The number of aryl methyl sites for hydroxylation is 1. The first-order valence-corrected chi connectivity index (χ1v) is 12.4. The molecule has 0 atom stereocenters. The Morgan fingerprint density at radius 2 is 1.59 bits per heavy atom. The van der Waals surface area contributed by atoms with Crippen LogP contribution in [0.25, 0.3) is 16.9 Å². The number of anilines is 1. The first-order chi connectivity index (χ1) is 15.8. The van der Waals surface area contributed by atoms with Gasteiger partial charge in [-0.3, -0.25) is 4.90 Å². The summed E-state index contributed by atoms with van der Waals surface area (Å²) in [5, 5.41) is 4.98. The van der Waals surface area contributed by atoms with Gasteiger partial charge in [-0.25, -0.2) is 9.37 Å². The van der Waals surface area contributed by atoms with Crippen LogP contribution in [0.3, 0.4) is 0 Å². The molecule has 3 aliphatic rings. The molecule has 1 saturated carbocycles. The van der Waals surface area contributed by atoms with Gasteiger partial charge in [0, 0.05) is 55.1 Å². The van der Waals surface area contributed by atoms with Gasteiger partial charge in [-0.1, -0.05) is 19.3 Å². The van der Waals surface area contributed by atoms with Gasteiger partial charge in [0.2, 0.25) is 0 Å². The third-order valence-electron chi connectivity index (χ3n) is 7.69. The second kappa shape index (κ2) is 8.47. The molecule has 0 radical (unpaired) electrons. The number of halogens is 1. The molecular formula is C26H32FN5. The van der Waals surface area contributed by atoms with Crippen molar-refractivity contribution in [1.29, 1.82) is 0 Å². The van der Waals surface area contributed by atoms with Crippen LogP contribution in [0.1, 0.15) is 56.2 Å². The molecule has 1 aromatic carbocycles. The fourth-order valence-corrected chi connectivity index (χ4v) is 5.96. The fraction of sp³-hybridized carbons (Fsp3) is 0.538. The van der Waals surface area contributed by atoms with Gasteiger partial charge in [0.05, 0.1) is 5.69 Å². The van der Waals surface area contributed by atoms with Crippen LogP contribution >= 0.6 is 0 Å². The summed E-state index contributed by atoms with van der Waals surface area (Å²) in [6.07, 6.45) is 11.5. The molecule has 3 heterocycles. The molecule has 2 fully saturated rings. The Hall–Kier alpha value is -2.47. The molecule has 6 heteroatoms. The van der Waals surface area contributed by atoms with E-state index in [-0.39, 0.29) is 5.82 Å². The summed E-state index contributed by atoms with van der Waals surface area (Å²) < 4.78 is 15.5. The number of nitrogens with zero attached hydrogens (tertiary/aromatic N) is 5. The molecule has 0 spiro atoms. The van der Waals surface area contributed by atoms with Gasteiger partial charge < -0.3 is 4.90 Å². The smallest absolute Gasteiger partial charge is 0.158 e. The molecule has 0 bridgehead atoms. The van der Waals surface area contributed by atoms with Gasteiger partial charge in [0.1, 0.15) is 11.6 Å². The second-order valence-electron chi connectivity index (χ2n) is 9.69. The summed E-state index contributed by atoms with van der Waals surface area (Å²) in [4.78, 5) is 10.3. The van der Waals surface area contributed by atoms with Gasteiger partial charge in [0.25, 0.3) is 0 Å². The highest BCUT2D eigenvalue weighted by atomic mass is 19.1. The summed E-state index contributed by atoms with van der Waals surface area (Å²) in [7, 11) is 0. The largest absolute Gasteiger partial charge is 0.354 e. The molecule has 0 unspecified atom stereocenters. The summed E-state index contributed by atoms with van der Waals surface area (Å²) >= 11 is 0. The molecule has 32 heavy (non-hydrogen) atoms. The maximum absolute atomic E-state index is 13.4. The minimum Gasteiger partial charge on any atom is -0.354 e. The topological polar surface area (TPSA) is 36.7 Å². The Morgan fingerprint density at radius 1 is 0.844 bits per heavy atom. The van der Waals surface area contributed by atoms with E-state index in [1.165, 1.54) is 74.2 Å². The van der Waals surface area contributed by atoms with Crippen LogP contribution in [0.4, 0.5) is 10.2 Å². The quantitative estimate of drug-likeness (QED) is 0.591. The SMILES string of the molecule is Fc1ccc(-c2cc3nc4c(c(N5CCN(C6CCCCC6)CC5)n3n2)CCCC4)cc1. The molecule has 2 aromatic heterocycles. The zero-order valence-corrected chi connectivity index (χ0v) is 18.8. The Labute approximate surface area is 189 Å².